The molecule has 0 saturated heterocycles. The maximum absolute atomic E-state index is 12.4. The molecule has 0 atom stereocenters. The summed E-state index contributed by atoms with van der Waals surface area (Å²) in [5.74, 6) is 0.925. The zero-order valence-corrected chi connectivity index (χ0v) is 10.4. The number of nitrogens with two attached hydrogens (primary N) is 1. The largest absolute Gasteiger partial charge is 0.370 e. The molecule has 0 saturated carbocycles. The standard InChI is InChI=1S/C11H17F2N5/c1-7(2)5-16-11(14)17-6-9-15-4-3-8(18-9)10(12)13/h3-4,7,10H,5-6H2,1-2H3,(H3,14,16,17). The van der Waals surface area contributed by atoms with E-state index >= 15 is 0 Å². The summed E-state index contributed by atoms with van der Waals surface area (Å²) in [5.41, 5.74) is 5.30. The number of hydrogen-bond acceptors (Lipinski definition) is 3. The number of guanidine groups is 1. The number of aromatic nitrogens is 2. The second kappa shape index (κ2) is 6.83. The van der Waals surface area contributed by atoms with Crippen molar-refractivity contribution >= 4 is 5.96 Å². The lowest BCUT2D eigenvalue weighted by Crippen LogP contribution is -2.34. The van der Waals surface area contributed by atoms with Gasteiger partial charge in [0.2, 0.25) is 0 Å². The number of nitrogens with zero attached hydrogens (tertiary/aromatic N) is 3. The van der Waals surface area contributed by atoms with Crippen LogP contribution in [0.4, 0.5) is 8.78 Å². The summed E-state index contributed by atoms with van der Waals surface area (Å²) in [6.07, 6.45) is -1.32. The van der Waals surface area contributed by atoms with E-state index in [1.54, 1.807) is 0 Å². The molecule has 1 rings (SSSR count). The summed E-state index contributed by atoms with van der Waals surface area (Å²) in [6.45, 7) is 4.86. The highest BCUT2D eigenvalue weighted by atomic mass is 19.3. The summed E-state index contributed by atoms with van der Waals surface area (Å²) in [4.78, 5) is 11.5. The molecule has 0 aliphatic rings. The van der Waals surface area contributed by atoms with Crippen molar-refractivity contribution in [2.45, 2.75) is 26.8 Å². The molecule has 0 fully saturated rings. The first-order chi connectivity index (χ1) is 8.49. The predicted molar refractivity (Wildman–Crippen MR) is 65.2 cm³/mol. The highest BCUT2D eigenvalue weighted by Gasteiger charge is 2.09. The van der Waals surface area contributed by atoms with E-state index in [-0.39, 0.29) is 24.0 Å². The van der Waals surface area contributed by atoms with Crippen LogP contribution < -0.4 is 11.1 Å². The van der Waals surface area contributed by atoms with Gasteiger partial charge in [0.15, 0.2) is 5.96 Å². The van der Waals surface area contributed by atoms with Crippen molar-refractivity contribution in [3.05, 3.63) is 23.8 Å². The van der Waals surface area contributed by atoms with Crippen LogP contribution in [0.1, 0.15) is 31.8 Å². The molecule has 0 aromatic carbocycles. The van der Waals surface area contributed by atoms with Crippen molar-refractivity contribution < 1.29 is 8.78 Å². The van der Waals surface area contributed by atoms with Crippen LogP contribution in [0.3, 0.4) is 0 Å². The van der Waals surface area contributed by atoms with E-state index in [1.807, 2.05) is 13.8 Å². The highest BCUT2D eigenvalue weighted by Crippen LogP contribution is 2.15. The van der Waals surface area contributed by atoms with E-state index in [1.165, 1.54) is 12.3 Å². The molecule has 0 bridgehead atoms. The fraction of sp³-hybridized carbons (Fsp3) is 0.545. The Morgan fingerprint density at radius 3 is 2.83 bits per heavy atom. The number of aliphatic imine (C=N–C) groups is 1. The minimum atomic E-state index is -2.60. The highest BCUT2D eigenvalue weighted by molar-refractivity contribution is 5.77. The molecule has 0 spiro atoms. The molecule has 3 N–H and O–H groups in total. The van der Waals surface area contributed by atoms with Crippen LogP contribution in [0.5, 0.6) is 0 Å². The quantitative estimate of drug-likeness (QED) is 0.618. The maximum atomic E-state index is 12.4. The molecule has 0 radical (unpaired) electrons. The van der Waals surface area contributed by atoms with Gasteiger partial charge in [-0.1, -0.05) is 13.8 Å². The van der Waals surface area contributed by atoms with Crippen LogP contribution in [-0.4, -0.2) is 22.5 Å². The van der Waals surface area contributed by atoms with Gasteiger partial charge < -0.3 is 11.1 Å². The smallest absolute Gasteiger partial charge is 0.280 e. The normalized spacial score (nSPS) is 12.2. The average Bonchev–Trinajstić information content (AvgIpc) is 2.34. The van der Waals surface area contributed by atoms with Gasteiger partial charge in [-0.05, 0) is 12.0 Å². The Kier molecular flexibility index (Phi) is 5.41. The Morgan fingerprint density at radius 2 is 2.22 bits per heavy atom. The molecule has 0 unspecified atom stereocenters. The molecule has 0 aliphatic heterocycles. The lowest BCUT2D eigenvalue weighted by atomic mass is 10.2. The number of rotatable bonds is 5. The lowest BCUT2D eigenvalue weighted by molar-refractivity contribution is 0.145. The van der Waals surface area contributed by atoms with Gasteiger partial charge in [-0.3, -0.25) is 0 Å². The first-order valence-corrected chi connectivity index (χ1v) is 5.62. The van der Waals surface area contributed by atoms with Crippen LogP contribution in [0.25, 0.3) is 0 Å². The summed E-state index contributed by atoms with van der Waals surface area (Å²) < 4.78 is 24.8. The van der Waals surface area contributed by atoms with E-state index < -0.39 is 6.43 Å². The molecule has 1 aromatic rings. The molecular weight excluding hydrogens is 240 g/mol. The van der Waals surface area contributed by atoms with E-state index in [0.717, 1.165) is 0 Å². The average molecular weight is 257 g/mol. The number of nitrogens with one attached hydrogen (secondary N) is 1. The molecule has 0 amide bonds. The van der Waals surface area contributed by atoms with Gasteiger partial charge in [-0.15, -0.1) is 0 Å². The minimum absolute atomic E-state index is 0.0808. The zero-order chi connectivity index (χ0) is 13.5. The third-order valence-corrected chi connectivity index (χ3v) is 2.03. The Labute approximate surface area is 105 Å². The molecule has 0 aliphatic carbocycles. The number of hydrogen-bond donors (Lipinski definition) is 2. The Hall–Kier alpha value is -1.79. The third kappa shape index (κ3) is 5.03. The molecule has 5 nitrogen and oxygen atoms in total. The maximum Gasteiger partial charge on any atom is 0.280 e. The van der Waals surface area contributed by atoms with E-state index in [2.05, 4.69) is 20.3 Å². The summed E-state index contributed by atoms with van der Waals surface area (Å²) in [5, 5.41) is 2.91. The Bertz CT molecular complexity index is 406. The summed E-state index contributed by atoms with van der Waals surface area (Å²) >= 11 is 0. The zero-order valence-electron chi connectivity index (χ0n) is 10.4. The van der Waals surface area contributed by atoms with Crippen LogP contribution in [0, 0.1) is 5.92 Å². The minimum Gasteiger partial charge on any atom is -0.370 e. The van der Waals surface area contributed by atoms with Crippen molar-refractivity contribution in [1.82, 2.24) is 15.3 Å². The van der Waals surface area contributed by atoms with Gasteiger partial charge in [-0.2, -0.15) is 0 Å². The van der Waals surface area contributed by atoms with Crippen molar-refractivity contribution in [1.29, 1.82) is 0 Å². The van der Waals surface area contributed by atoms with Crippen LogP contribution >= 0.6 is 0 Å². The second-order valence-electron chi connectivity index (χ2n) is 4.17. The van der Waals surface area contributed by atoms with E-state index in [9.17, 15) is 8.78 Å². The first kappa shape index (κ1) is 14.3. The van der Waals surface area contributed by atoms with Crippen LogP contribution in [0.15, 0.2) is 17.3 Å². The van der Waals surface area contributed by atoms with E-state index in [0.29, 0.717) is 12.5 Å². The van der Waals surface area contributed by atoms with Gasteiger partial charge >= 0.3 is 0 Å². The third-order valence-electron chi connectivity index (χ3n) is 2.03. The van der Waals surface area contributed by atoms with Gasteiger partial charge in [0.05, 0.1) is 0 Å². The molecule has 1 heterocycles. The monoisotopic (exact) mass is 257 g/mol. The van der Waals surface area contributed by atoms with Gasteiger partial charge in [0, 0.05) is 12.7 Å². The van der Waals surface area contributed by atoms with Gasteiger partial charge in [0.25, 0.3) is 6.43 Å². The second-order valence-corrected chi connectivity index (χ2v) is 4.17. The lowest BCUT2D eigenvalue weighted by Gasteiger charge is -2.07. The number of alkyl halides is 2. The first-order valence-electron chi connectivity index (χ1n) is 5.62. The summed E-state index contributed by atoms with van der Waals surface area (Å²) in [7, 11) is 0. The SMILES string of the molecule is CC(C)CNC(N)=NCc1nccc(C(F)F)n1. The Balaban J connectivity index is 2.56. The van der Waals surface area contributed by atoms with Crippen molar-refractivity contribution in [3.8, 4) is 0 Å². The molecular formula is C11H17F2N5. The van der Waals surface area contributed by atoms with Crippen molar-refractivity contribution in [2.24, 2.45) is 16.6 Å². The van der Waals surface area contributed by atoms with Crippen LogP contribution in [-0.2, 0) is 6.54 Å². The van der Waals surface area contributed by atoms with Crippen molar-refractivity contribution in [2.75, 3.05) is 6.54 Å². The predicted octanol–water partition coefficient (Wildman–Crippen LogP) is 1.47. The topological polar surface area (TPSA) is 76.2 Å². The van der Waals surface area contributed by atoms with Gasteiger partial charge in [-0.25, -0.2) is 23.7 Å². The fourth-order valence-electron chi connectivity index (χ4n) is 1.13. The molecule has 1 aromatic heterocycles. The molecule has 100 valence electrons. The molecule has 18 heavy (non-hydrogen) atoms. The summed E-state index contributed by atoms with van der Waals surface area (Å²) in [6, 6.07) is 1.18. The van der Waals surface area contributed by atoms with Gasteiger partial charge in [0.1, 0.15) is 18.1 Å². The number of halogens is 2. The van der Waals surface area contributed by atoms with E-state index in [4.69, 9.17) is 5.73 Å². The van der Waals surface area contributed by atoms with Crippen molar-refractivity contribution in [3.63, 3.8) is 0 Å². The Morgan fingerprint density at radius 1 is 1.50 bits per heavy atom. The fourth-order valence-corrected chi connectivity index (χ4v) is 1.13. The van der Waals surface area contributed by atoms with Crippen LogP contribution in [0.2, 0.25) is 0 Å². The molecule has 7 heteroatoms.